The summed E-state index contributed by atoms with van der Waals surface area (Å²) in [7, 11) is 0. The SMILES string of the molecule is O=c1[nH]c(-c2cccc(=O)n2CC2CNCCOC2c2ccc(Cl)c(F)c2)no1. The molecular formula is C19H18ClFN4O4. The number of hydrogen-bond donors (Lipinski definition) is 2. The Morgan fingerprint density at radius 1 is 1.28 bits per heavy atom. The minimum Gasteiger partial charge on any atom is -0.372 e. The minimum atomic E-state index is -0.711. The van der Waals surface area contributed by atoms with E-state index in [1.54, 1.807) is 18.2 Å². The van der Waals surface area contributed by atoms with Crippen molar-refractivity contribution in [2.75, 3.05) is 19.7 Å². The highest BCUT2D eigenvalue weighted by Gasteiger charge is 2.28. The molecule has 0 bridgehead atoms. The van der Waals surface area contributed by atoms with Gasteiger partial charge in [-0.3, -0.25) is 14.3 Å². The fourth-order valence-corrected chi connectivity index (χ4v) is 3.61. The van der Waals surface area contributed by atoms with E-state index in [0.29, 0.717) is 31.0 Å². The summed E-state index contributed by atoms with van der Waals surface area (Å²) >= 11 is 5.81. The van der Waals surface area contributed by atoms with Crippen LogP contribution in [0.4, 0.5) is 4.39 Å². The first-order valence-electron chi connectivity index (χ1n) is 9.06. The predicted molar refractivity (Wildman–Crippen MR) is 103 cm³/mol. The molecule has 3 aromatic rings. The van der Waals surface area contributed by atoms with Gasteiger partial charge >= 0.3 is 5.76 Å². The summed E-state index contributed by atoms with van der Waals surface area (Å²) < 4.78 is 26.1. The fourth-order valence-electron chi connectivity index (χ4n) is 3.50. The summed E-state index contributed by atoms with van der Waals surface area (Å²) in [6, 6.07) is 9.23. The molecule has 2 N–H and O–H groups in total. The number of hydrogen-bond acceptors (Lipinski definition) is 6. The Hall–Kier alpha value is -2.75. The van der Waals surface area contributed by atoms with Gasteiger partial charge in [-0.15, -0.1) is 0 Å². The maximum absolute atomic E-state index is 14.0. The summed E-state index contributed by atoms with van der Waals surface area (Å²) in [6.07, 6.45) is -0.451. The Morgan fingerprint density at radius 3 is 2.90 bits per heavy atom. The summed E-state index contributed by atoms with van der Waals surface area (Å²) in [5, 5.41) is 6.99. The molecule has 0 radical (unpaired) electrons. The molecule has 0 spiro atoms. The van der Waals surface area contributed by atoms with Crippen LogP contribution in [0.5, 0.6) is 0 Å². The Balaban J connectivity index is 1.72. The Labute approximate surface area is 169 Å². The molecule has 1 fully saturated rings. The zero-order valence-electron chi connectivity index (χ0n) is 15.2. The minimum absolute atomic E-state index is 0.0357. The van der Waals surface area contributed by atoms with Crippen LogP contribution in [0.15, 0.2) is 50.5 Å². The second-order valence-electron chi connectivity index (χ2n) is 6.73. The lowest BCUT2D eigenvalue weighted by Crippen LogP contribution is -2.33. The smallest absolute Gasteiger partial charge is 0.372 e. The molecule has 0 aliphatic carbocycles. The molecule has 0 amide bonds. The largest absolute Gasteiger partial charge is 0.439 e. The highest BCUT2D eigenvalue weighted by Crippen LogP contribution is 2.31. The van der Waals surface area contributed by atoms with E-state index in [1.165, 1.54) is 22.8 Å². The third kappa shape index (κ3) is 4.16. The molecule has 1 aliphatic heterocycles. The molecule has 8 nitrogen and oxygen atoms in total. The maximum atomic E-state index is 14.0. The lowest BCUT2D eigenvalue weighted by molar-refractivity contribution is 0.0250. The highest BCUT2D eigenvalue weighted by atomic mass is 35.5. The van der Waals surface area contributed by atoms with E-state index in [0.717, 1.165) is 0 Å². The zero-order chi connectivity index (χ0) is 20.4. The molecule has 1 saturated heterocycles. The van der Waals surface area contributed by atoms with Crippen molar-refractivity contribution in [3.8, 4) is 11.5 Å². The molecule has 0 saturated carbocycles. The molecule has 29 heavy (non-hydrogen) atoms. The van der Waals surface area contributed by atoms with E-state index in [9.17, 15) is 14.0 Å². The van der Waals surface area contributed by atoms with Gasteiger partial charge in [0, 0.05) is 31.6 Å². The number of benzene rings is 1. The van der Waals surface area contributed by atoms with Crippen LogP contribution < -0.4 is 16.6 Å². The number of pyridine rings is 1. The van der Waals surface area contributed by atoms with Gasteiger partial charge in [0.25, 0.3) is 5.56 Å². The third-order valence-corrected chi connectivity index (χ3v) is 5.14. The number of aromatic nitrogens is 3. The third-order valence-electron chi connectivity index (χ3n) is 4.83. The highest BCUT2D eigenvalue weighted by molar-refractivity contribution is 6.30. The Kier molecular flexibility index (Phi) is 5.61. The van der Waals surface area contributed by atoms with E-state index in [1.807, 2.05) is 0 Å². The van der Waals surface area contributed by atoms with Gasteiger partial charge in [-0.05, 0) is 23.8 Å². The van der Waals surface area contributed by atoms with E-state index >= 15 is 0 Å². The van der Waals surface area contributed by atoms with Crippen LogP contribution in [0.1, 0.15) is 11.7 Å². The van der Waals surface area contributed by atoms with E-state index < -0.39 is 17.7 Å². The van der Waals surface area contributed by atoms with Crippen molar-refractivity contribution < 1.29 is 13.7 Å². The van der Waals surface area contributed by atoms with Gasteiger partial charge in [0.15, 0.2) is 5.82 Å². The van der Waals surface area contributed by atoms with E-state index in [-0.39, 0.29) is 28.9 Å². The quantitative estimate of drug-likeness (QED) is 0.669. The molecular weight excluding hydrogens is 403 g/mol. The summed E-state index contributed by atoms with van der Waals surface area (Å²) in [5.41, 5.74) is 0.784. The van der Waals surface area contributed by atoms with Crippen molar-refractivity contribution in [1.82, 2.24) is 20.0 Å². The molecule has 1 aliphatic rings. The van der Waals surface area contributed by atoms with Crippen molar-refractivity contribution >= 4 is 11.6 Å². The standard InChI is InChI=1S/C19H18ClFN4O4/c20-13-5-4-11(8-14(13)21)17-12(9-22-6-7-28-17)10-25-15(2-1-3-16(25)26)18-23-19(27)29-24-18/h1-5,8,12,17,22H,6-7,9-10H2,(H,23,24,27). The summed E-state index contributed by atoms with van der Waals surface area (Å²) in [6.45, 7) is 1.88. The van der Waals surface area contributed by atoms with Crippen molar-refractivity contribution in [3.05, 3.63) is 73.7 Å². The molecule has 2 unspecified atom stereocenters. The molecule has 1 aromatic carbocycles. The molecule has 4 rings (SSSR count). The van der Waals surface area contributed by atoms with E-state index in [4.69, 9.17) is 16.3 Å². The van der Waals surface area contributed by atoms with Crippen LogP contribution in [-0.4, -0.2) is 34.4 Å². The van der Waals surface area contributed by atoms with Crippen LogP contribution in [0.25, 0.3) is 11.5 Å². The normalized spacial score (nSPS) is 19.8. The number of halogens is 2. The molecule has 10 heteroatoms. The molecule has 152 valence electrons. The van der Waals surface area contributed by atoms with Crippen LogP contribution >= 0.6 is 11.6 Å². The number of H-pyrrole nitrogens is 1. The molecule has 3 heterocycles. The second-order valence-corrected chi connectivity index (χ2v) is 7.14. The van der Waals surface area contributed by atoms with Crippen molar-refractivity contribution in [1.29, 1.82) is 0 Å². The number of nitrogens with one attached hydrogen (secondary N) is 2. The van der Waals surface area contributed by atoms with E-state index in [2.05, 4.69) is 20.0 Å². The van der Waals surface area contributed by atoms with Gasteiger partial charge in [-0.1, -0.05) is 28.9 Å². The monoisotopic (exact) mass is 420 g/mol. The maximum Gasteiger partial charge on any atom is 0.439 e. The average molecular weight is 421 g/mol. The molecule has 2 aromatic heterocycles. The van der Waals surface area contributed by atoms with Gasteiger partial charge in [0.05, 0.1) is 23.4 Å². The first kappa shape index (κ1) is 19.6. The predicted octanol–water partition coefficient (Wildman–Crippen LogP) is 1.96. The molecule has 2 atom stereocenters. The van der Waals surface area contributed by atoms with Gasteiger partial charge in [0.2, 0.25) is 0 Å². The fraction of sp³-hybridized carbons (Fsp3) is 0.316. The van der Waals surface area contributed by atoms with Gasteiger partial charge in [-0.25, -0.2) is 9.18 Å². The van der Waals surface area contributed by atoms with Crippen molar-refractivity contribution in [2.45, 2.75) is 12.6 Å². The first-order valence-corrected chi connectivity index (χ1v) is 9.44. The van der Waals surface area contributed by atoms with Crippen LogP contribution in [-0.2, 0) is 11.3 Å². The van der Waals surface area contributed by atoms with Gasteiger partial charge < -0.3 is 14.6 Å². The summed E-state index contributed by atoms with van der Waals surface area (Å²) in [5.74, 6) is -1.28. The number of nitrogens with zero attached hydrogens (tertiary/aromatic N) is 2. The van der Waals surface area contributed by atoms with Gasteiger partial charge in [-0.2, -0.15) is 0 Å². The lowest BCUT2D eigenvalue weighted by atomic mass is 9.95. The average Bonchev–Trinajstić information content (AvgIpc) is 3.00. The number of aromatic amines is 1. The topological polar surface area (TPSA) is 102 Å². The van der Waals surface area contributed by atoms with Crippen LogP contribution in [0, 0.1) is 11.7 Å². The lowest BCUT2D eigenvalue weighted by Gasteiger charge is -2.26. The van der Waals surface area contributed by atoms with Crippen LogP contribution in [0.2, 0.25) is 5.02 Å². The number of rotatable bonds is 4. The van der Waals surface area contributed by atoms with Gasteiger partial charge in [0.1, 0.15) is 5.82 Å². The first-order chi connectivity index (χ1) is 14.0. The Morgan fingerprint density at radius 2 is 2.14 bits per heavy atom. The van der Waals surface area contributed by atoms with Crippen LogP contribution in [0.3, 0.4) is 0 Å². The number of ether oxygens (including phenoxy) is 1. The van der Waals surface area contributed by atoms with Crippen molar-refractivity contribution in [2.24, 2.45) is 5.92 Å². The second kappa shape index (κ2) is 8.32. The summed E-state index contributed by atoms with van der Waals surface area (Å²) in [4.78, 5) is 26.4. The Bertz CT molecular complexity index is 1130. The van der Waals surface area contributed by atoms with Crippen molar-refractivity contribution in [3.63, 3.8) is 0 Å². The zero-order valence-corrected chi connectivity index (χ0v) is 16.0.